The van der Waals surface area contributed by atoms with Gasteiger partial charge < -0.3 is 10.2 Å². The Morgan fingerprint density at radius 2 is 1.67 bits per heavy atom. The number of aryl methyl sites for hydroxylation is 1. The summed E-state index contributed by atoms with van der Waals surface area (Å²) in [7, 11) is -3.76. The van der Waals surface area contributed by atoms with Crippen molar-refractivity contribution >= 4 is 43.5 Å². The van der Waals surface area contributed by atoms with Gasteiger partial charge in [0.2, 0.25) is 21.8 Å². The van der Waals surface area contributed by atoms with Crippen LogP contribution in [0.25, 0.3) is 0 Å². The number of hydrogen-bond acceptors (Lipinski definition) is 4. The van der Waals surface area contributed by atoms with Gasteiger partial charge in [-0.3, -0.25) is 13.9 Å². The number of halogens is 1. The number of carbonyl (C=O) groups excluding carboxylic acids is 2. The molecule has 2 amide bonds. The number of anilines is 1. The minimum Gasteiger partial charge on any atom is -0.352 e. The molecule has 0 aliphatic rings. The summed E-state index contributed by atoms with van der Waals surface area (Å²) < 4.78 is 26.8. The smallest absolute Gasteiger partial charge is 0.244 e. The summed E-state index contributed by atoms with van der Waals surface area (Å²) in [6.07, 6.45) is 1.82. The summed E-state index contributed by atoms with van der Waals surface area (Å²) in [4.78, 5) is 27.8. The Labute approximate surface area is 205 Å². The summed E-state index contributed by atoms with van der Waals surface area (Å²) in [5.74, 6) is -0.750. The largest absolute Gasteiger partial charge is 0.352 e. The fourth-order valence-corrected chi connectivity index (χ4v) is 4.66. The number of benzene rings is 2. The molecular formula is C24H32BrN3O4S. The Morgan fingerprint density at radius 1 is 1.06 bits per heavy atom. The number of amides is 2. The van der Waals surface area contributed by atoms with E-state index in [9.17, 15) is 18.0 Å². The third-order valence-electron chi connectivity index (χ3n) is 5.44. The second-order valence-corrected chi connectivity index (χ2v) is 11.0. The van der Waals surface area contributed by atoms with E-state index in [1.807, 2.05) is 45.0 Å². The van der Waals surface area contributed by atoms with E-state index in [1.165, 1.54) is 4.90 Å². The first-order chi connectivity index (χ1) is 15.4. The van der Waals surface area contributed by atoms with Crippen LogP contribution >= 0.6 is 15.9 Å². The highest BCUT2D eigenvalue weighted by atomic mass is 79.9. The summed E-state index contributed by atoms with van der Waals surface area (Å²) >= 11 is 3.37. The average Bonchev–Trinajstić information content (AvgIpc) is 2.76. The number of nitrogens with zero attached hydrogens (tertiary/aromatic N) is 2. The van der Waals surface area contributed by atoms with Crippen molar-refractivity contribution in [1.82, 2.24) is 10.2 Å². The van der Waals surface area contributed by atoms with Gasteiger partial charge in [-0.2, -0.15) is 0 Å². The highest BCUT2D eigenvalue weighted by Crippen LogP contribution is 2.28. The summed E-state index contributed by atoms with van der Waals surface area (Å²) in [6.45, 7) is 7.25. The first kappa shape index (κ1) is 26.9. The number of sulfonamides is 1. The van der Waals surface area contributed by atoms with Crippen LogP contribution in [0.1, 0.15) is 38.3 Å². The van der Waals surface area contributed by atoms with Crippen molar-refractivity contribution in [3.05, 3.63) is 64.1 Å². The lowest BCUT2D eigenvalue weighted by atomic mass is 10.1. The van der Waals surface area contributed by atoms with Gasteiger partial charge in [-0.25, -0.2) is 8.42 Å². The highest BCUT2D eigenvalue weighted by Gasteiger charge is 2.31. The van der Waals surface area contributed by atoms with Gasteiger partial charge in [0.25, 0.3) is 0 Å². The molecule has 0 aliphatic heterocycles. The van der Waals surface area contributed by atoms with Crippen LogP contribution in [0.4, 0.5) is 5.69 Å². The van der Waals surface area contributed by atoms with Gasteiger partial charge in [-0.1, -0.05) is 48.9 Å². The molecule has 0 radical (unpaired) electrons. The molecule has 7 nitrogen and oxygen atoms in total. The molecule has 2 aromatic carbocycles. The average molecular weight is 539 g/mol. The lowest BCUT2D eigenvalue weighted by Crippen LogP contribution is -2.52. The van der Waals surface area contributed by atoms with Crippen molar-refractivity contribution in [2.45, 2.75) is 52.7 Å². The molecule has 2 atom stereocenters. The molecule has 9 heteroatoms. The third kappa shape index (κ3) is 7.57. The lowest BCUT2D eigenvalue weighted by molar-refractivity contribution is -0.139. The molecule has 33 heavy (non-hydrogen) atoms. The van der Waals surface area contributed by atoms with E-state index in [0.29, 0.717) is 10.2 Å². The van der Waals surface area contributed by atoms with Gasteiger partial charge in [-0.05, 0) is 60.8 Å². The Bertz CT molecular complexity index is 1070. The lowest BCUT2D eigenvalue weighted by Gasteiger charge is -2.32. The Morgan fingerprint density at radius 3 is 2.21 bits per heavy atom. The number of hydrogen-bond donors (Lipinski definition) is 1. The first-order valence-corrected chi connectivity index (χ1v) is 13.5. The van der Waals surface area contributed by atoms with Crippen LogP contribution in [-0.4, -0.2) is 50.0 Å². The predicted molar refractivity (Wildman–Crippen MR) is 135 cm³/mol. The van der Waals surface area contributed by atoms with Crippen molar-refractivity contribution < 1.29 is 18.0 Å². The molecule has 1 N–H and O–H groups in total. The number of nitrogens with one attached hydrogen (secondary N) is 1. The number of carbonyl (C=O) groups is 2. The van der Waals surface area contributed by atoms with Crippen LogP contribution < -0.4 is 9.62 Å². The van der Waals surface area contributed by atoms with Gasteiger partial charge in [-0.15, -0.1) is 0 Å². The van der Waals surface area contributed by atoms with Crippen molar-refractivity contribution in [2.24, 2.45) is 0 Å². The van der Waals surface area contributed by atoms with Crippen molar-refractivity contribution in [3.63, 3.8) is 0 Å². The fraction of sp³-hybridized carbons (Fsp3) is 0.417. The van der Waals surface area contributed by atoms with Crippen molar-refractivity contribution in [3.8, 4) is 0 Å². The standard InChI is InChI=1S/C24H32BrN3O4S/c1-6-18(3)26-24(30)19(4)27(15-20-13-11-17(2)12-14-20)23(29)16-28(33(5,31)32)22-10-8-7-9-21(22)25/h7-14,18-19H,6,15-16H2,1-5H3,(H,26,30)/t18-,19+/m0/s1. The topological polar surface area (TPSA) is 86.8 Å². The molecule has 0 spiro atoms. The fourth-order valence-electron chi connectivity index (χ4n) is 3.19. The Hall–Kier alpha value is -2.39. The minimum absolute atomic E-state index is 0.0379. The van der Waals surface area contributed by atoms with E-state index in [0.717, 1.165) is 28.1 Å². The van der Waals surface area contributed by atoms with E-state index in [4.69, 9.17) is 0 Å². The molecule has 0 saturated heterocycles. The molecule has 0 aromatic heterocycles. The van der Waals surface area contributed by atoms with E-state index < -0.39 is 28.5 Å². The molecule has 2 rings (SSSR count). The van der Waals surface area contributed by atoms with Crippen molar-refractivity contribution in [2.75, 3.05) is 17.1 Å². The van der Waals surface area contributed by atoms with Crippen LogP contribution in [0.5, 0.6) is 0 Å². The molecule has 0 bridgehead atoms. The maximum Gasteiger partial charge on any atom is 0.244 e. The van der Waals surface area contributed by atoms with Gasteiger partial charge in [0.15, 0.2) is 0 Å². The van der Waals surface area contributed by atoms with Crippen LogP contribution in [0, 0.1) is 6.92 Å². The zero-order valence-electron chi connectivity index (χ0n) is 19.7. The van der Waals surface area contributed by atoms with Crippen LogP contribution in [0.2, 0.25) is 0 Å². The van der Waals surface area contributed by atoms with E-state index >= 15 is 0 Å². The second-order valence-electron chi connectivity index (χ2n) is 8.22. The van der Waals surface area contributed by atoms with E-state index in [-0.39, 0.29) is 18.5 Å². The molecular weight excluding hydrogens is 506 g/mol. The second kappa shape index (κ2) is 11.7. The van der Waals surface area contributed by atoms with Gasteiger partial charge in [0, 0.05) is 17.1 Å². The SMILES string of the molecule is CC[C@H](C)NC(=O)[C@@H](C)N(Cc1ccc(C)cc1)C(=O)CN(c1ccccc1Br)S(C)(=O)=O. The molecule has 0 saturated carbocycles. The summed E-state index contributed by atoms with van der Waals surface area (Å²) in [5.41, 5.74) is 2.29. The molecule has 0 fully saturated rings. The zero-order valence-corrected chi connectivity index (χ0v) is 22.1. The zero-order chi connectivity index (χ0) is 24.8. The first-order valence-electron chi connectivity index (χ1n) is 10.8. The van der Waals surface area contributed by atoms with Gasteiger partial charge in [0.05, 0.1) is 11.9 Å². The predicted octanol–water partition coefficient (Wildman–Crippen LogP) is 3.86. The Kier molecular flexibility index (Phi) is 9.48. The maximum atomic E-state index is 13.5. The monoisotopic (exact) mass is 537 g/mol. The molecule has 0 heterocycles. The third-order valence-corrected chi connectivity index (χ3v) is 7.24. The van der Waals surface area contributed by atoms with E-state index in [2.05, 4.69) is 21.2 Å². The van der Waals surface area contributed by atoms with Crippen LogP contribution in [0.15, 0.2) is 53.0 Å². The maximum absolute atomic E-state index is 13.5. The van der Waals surface area contributed by atoms with Gasteiger partial charge in [0.1, 0.15) is 12.6 Å². The van der Waals surface area contributed by atoms with Crippen LogP contribution in [0.3, 0.4) is 0 Å². The summed E-state index contributed by atoms with van der Waals surface area (Å²) in [6, 6.07) is 13.7. The number of rotatable bonds is 10. The summed E-state index contributed by atoms with van der Waals surface area (Å²) in [5, 5.41) is 2.91. The molecule has 2 aromatic rings. The highest BCUT2D eigenvalue weighted by molar-refractivity contribution is 9.10. The Balaban J connectivity index is 2.39. The minimum atomic E-state index is -3.76. The van der Waals surface area contributed by atoms with Crippen LogP contribution in [-0.2, 0) is 26.2 Å². The van der Waals surface area contributed by atoms with E-state index in [1.54, 1.807) is 31.2 Å². The molecule has 180 valence electrons. The number of para-hydroxylation sites is 1. The van der Waals surface area contributed by atoms with Gasteiger partial charge >= 0.3 is 0 Å². The normalized spacial score (nSPS) is 13.2. The van der Waals surface area contributed by atoms with Crippen molar-refractivity contribution in [1.29, 1.82) is 0 Å². The molecule has 0 unspecified atom stereocenters. The molecule has 0 aliphatic carbocycles. The quantitative estimate of drug-likeness (QED) is 0.498.